The topological polar surface area (TPSA) is 77.6 Å². The number of nitrogens with one attached hydrogen (secondary N) is 1. The second kappa shape index (κ2) is 8.16. The summed E-state index contributed by atoms with van der Waals surface area (Å²) in [6.07, 6.45) is 3.18. The second-order valence-electron chi connectivity index (χ2n) is 6.88. The van der Waals surface area contributed by atoms with Gasteiger partial charge in [0, 0.05) is 48.4 Å². The minimum Gasteiger partial charge on any atom is -0.309 e. The number of anilines is 2. The van der Waals surface area contributed by atoms with Gasteiger partial charge in [-0.15, -0.1) is 0 Å². The van der Waals surface area contributed by atoms with Crippen molar-refractivity contribution in [1.82, 2.24) is 24.3 Å². The molecule has 0 aliphatic rings. The van der Waals surface area contributed by atoms with E-state index in [1.807, 2.05) is 20.0 Å². The number of nitrogens with zero attached hydrogens (tertiary/aromatic N) is 5. The monoisotopic (exact) mass is 436 g/mol. The van der Waals surface area contributed by atoms with Crippen LogP contribution in [0.15, 0.2) is 66.2 Å². The second-order valence-corrected chi connectivity index (χ2v) is 7.29. The highest BCUT2D eigenvalue weighted by Crippen LogP contribution is 2.22. The summed E-state index contributed by atoms with van der Waals surface area (Å²) in [5, 5.41) is 7.40. The molecule has 0 saturated carbocycles. The van der Waals surface area contributed by atoms with Gasteiger partial charge in [0.2, 0.25) is 5.95 Å². The van der Waals surface area contributed by atoms with Crippen LogP contribution in [0.25, 0.3) is 17.0 Å². The molecule has 31 heavy (non-hydrogen) atoms. The molecule has 0 atom stereocenters. The first-order chi connectivity index (χ1) is 14.8. The van der Waals surface area contributed by atoms with Crippen molar-refractivity contribution in [3.63, 3.8) is 0 Å². The number of aryl methyl sites for hydroxylation is 2. The smallest absolute Gasteiger partial charge is 0.255 e. The van der Waals surface area contributed by atoms with Crippen LogP contribution in [0.4, 0.5) is 16.2 Å². The summed E-state index contributed by atoms with van der Waals surface area (Å²) in [6.45, 7) is 5.80. The number of aromatic nitrogens is 5. The lowest BCUT2D eigenvalue weighted by atomic mass is 10.1. The molecule has 3 heterocycles. The van der Waals surface area contributed by atoms with Crippen LogP contribution < -0.4 is 10.9 Å². The molecule has 1 N–H and O–H groups in total. The molecule has 9 heteroatoms. The van der Waals surface area contributed by atoms with Crippen molar-refractivity contribution < 1.29 is 4.39 Å². The number of hydrogen-bond donors (Lipinski definition) is 1. The van der Waals surface area contributed by atoms with E-state index < -0.39 is 5.82 Å². The minimum atomic E-state index is -0.574. The summed E-state index contributed by atoms with van der Waals surface area (Å²) >= 11 is 5.73. The molecule has 0 aliphatic carbocycles. The Balaban J connectivity index is 1.62. The molecule has 156 valence electrons. The Labute approximate surface area is 182 Å². The van der Waals surface area contributed by atoms with Crippen LogP contribution in [0.1, 0.15) is 11.3 Å². The van der Waals surface area contributed by atoms with Gasteiger partial charge in [0.05, 0.1) is 16.4 Å². The first kappa shape index (κ1) is 20.5. The molecule has 7 nitrogen and oxygen atoms in total. The maximum atomic E-state index is 13.8. The predicted molar refractivity (Wildman–Crippen MR) is 119 cm³/mol. The summed E-state index contributed by atoms with van der Waals surface area (Å²) in [4.78, 5) is 21.4. The molecule has 0 aliphatic heterocycles. The number of benzene rings is 1. The van der Waals surface area contributed by atoms with Gasteiger partial charge in [-0.05, 0) is 31.2 Å². The van der Waals surface area contributed by atoms with Crippen LogP contribution in [-0.4, -0.2) is 24.3 Å². The molecule has 3 aromatic heterocycles. The molecular formula is C22H18ClFN6O. The molecule has 1 aromatic carbocycles. The van der Waals surface area contributed by atoms with Crippen LogP contribution in [0.5, 0.6) is 0 Å². The summed E-state index contributed by atoms with van der Waals surface area (Å²) in [5.74, 6) is 0.553. The van der Waals surface area contributed by atoms with Crippen molar-refractivity contribution in [2.45, 2.75) is 6.92 Å². The summed E-state index contributed by atoms with van der Waals surface area (Å²) in [7, 11) is 1.82. The van der Waals surface area contributed by atoms with Crippen molar-refractivity contribution >= 4 is 29.1 Å². The van der Waals surface area contributed by atoms with Crippen molar-refractivity contribution in [2.24, 2.45) is 7.05 Å². The fourth-order valence-electron chi connectivity index (χ4n) is 3.10. The molecule has 0 radical (unpaired) electrons. The van der Waals surface area contributed by atoms with Crippen molar-refractivity contribution in [2.75, 3.05) is 5.32 Å². The van der Waals surface area contributed by atoms with Gasteiger partial charge in [0.1, 0.15) is 11.6 Å². The van der Waals surface area contributed by atoms with E-state index in [-0.39, 0.29) is 10.6 Å². The van der Waals surface area contributed by atoms with Gasteiger partial charge < -0.3 is 5.32 Å². The SMILES string of the molecule is C=C(c1ccc(Cl)c(F)c1)n1ccc(-c2ccnc(Nc3cc(C)nn3C)n2)cc1=O. The fourth-order valence-corrected chi connectivity index (χ4v) is 3.22. The highest BCUT2D eigenvalue weighted by atomic mass is 35.5. The van der Waals surface area contributed by atoms with Crippen molar-refractivity contribution in [1.29, 1.82) is 0 Å². The van der Waals surface area contributed by atoms with E-state index >= 15 is 0 Å². The average molecular weight is 437 g/mol. The molecule has 0 saturated heterocycles. The average Bonchev–Trinajstić information content (AvgIpc) is 3.06. The van der Waals surface area contributed by atoms with Crippen LogP contribution in [-0.2, 0) is 7.05 Å². The normalized spacial score (nSPS) is 10.8. The molecule has 4 aromatic rings. The van der Waals surface area contributed by atoms with Gasteiger partial charge in [-0.25, -0.2) is 14.4 Å². The molecule has 4 rings (SSSR count). The fraction of sp³-hybridized carbons (Fsp3) is 0.0909. The Hall–Kier alpha value is -3.78. The first-order valence-electron chi connectivity index (χ1n) is 9.30. The molecular weight excluding hydrogens is 419 g/mol. The Kier molecular flexibility index (Phi) is 5.39. The standard InChI is InChI=1S/C22H18ClFN6O/c1-13-10-20(29(3)28-13)27-22-25-8-6-19(26-22)16-7-9-30(21(31)12-16)14(2)15-4-5-17(23)18(24)11-15/h4-12H,2H2,1,3H3,(H,25,26,27). The summed E-state index contributed by atoms with van der Waals surface area (Å²) in [6, 6.07) is 11.0. The molecule has 0 bridgehead atoms. The lowest BCUT2D eigenvalue weighted by Gasteiger charge is -2.11. The lowest BCUT2D eigenvalue weighted by Crippen LogP contribution is -2.18. The molecule has 0 fully saturated rings. The van der Waals surface area contributed by atoms with Crippen LogP contribution >= 0.6 is 11.6 Å². The Bertz CT molecular complexity index is 1360. The summed E-state index contributed by atoms with van der Waals surface area (Å²) < 4.78 is 16.8. The largest absolute Gasteiger partial charge is 0.309 e. The quantitative estimate of drug-likeness (QED) is 0.501. The lowest BCUT2D eigenvalue weighted by molar-refractivity contribution is 0.627. The Morgan fingerprint density at radius 3 is 2.68 bits per heavy atom. The van der Waals surface area contributed by atoms with Gasteiger partial charge in [0.25, 0.3) is 5.56 Å². The Morgan fingerprint density at radius 1 is 1.19 bits per heavy atom. The van der Waals surface area contributed by atoms with E-state index in [4.69, 9.17) is 11.6 Å². The zero-order chi connectivity index (χ0) is 22.1. The number of rotatable bonds is 5. The minimum absolute atomic E-state index is 0.00806. The maximum Gasteiger partial charge on any atom is 0.255 e. The highest BCUT2D eigenvalue weighted by Gasteiger charge is 2.10. The van der Waals surface area contributed by atoms with Gasteiger partial charge in [-0.2, -0.15) is 5.10 Å². The number of hydrogen-bond acceptors (Lipinski definition) is 5. The maximum absolute atomic E-state index is 13.8. The van der Waals surface area contributed by atoms with E-state index in [0.717, 1.165) is 11.5 Å². The van der Waals surface area contributed by atoms with E-state index in [1.165, 1.54) is 22.8 Å². The van der Waals surface area contributed by atoms with Gasteiger partial charge in [-0.1, -0.05) is 24.2 Å². The number of halogens is 2. The van der Waals surface area contributed by atoms with E-state index in [2.05, 4.69) is 27.0 Å². The van der Waals surface area contributed by atoms with Crippen LogP contribution in [0.3, 0.4) is 0 Å². The van der Waals surface area contributed by atoms with Gasteiger partial charge in [0.15, 0.2) is 0 Å². The van der Waals surface area contributed by atoms with E-state index in [9.17, 15) is 9.18 Å². The summed E-state index contributed by atoms with van der Waals surface area (Å²) in [5.41, 5.74) is 2.52. The highest BCUT2D eigenvalue weighted by molar-refractivity contribution is 6.30. The number of pyridine rings is 1. The molecule has 0 unspecified atom stereocenters. The van der Waals surface area contributed by atoms with Crippen LogP contribution in [0.2, 0.25) is 5.02 Å². The van der Waals surface area contributed by atoms with Gasteiger partial charge in [-0.3, -0.25) is 14.0 Å². The third kappa shape index (κ3) is 4.24. The van der Waals surface area contributed by atoms with Gasteiger partial charge >= 0.3 is 0 Å². The van der Waals surface area contributed by atoms with Crippen molar-refractivity contribution in [3.05, 3.63) is 93.9 Å². The third-order valence-electron chi connectivity index (χ3n) is 4.66. The zero-order valence-electron chi connectivity index (χ0n) is 16.8. The predicted octanol–water partition coefficient (Wildman–Crippen LogP) is 4.40. The first-order valence-corrected chi connectivity index (χ1v) is 9.68. The Morgan fingerprint density at radius 2 is 2.00 bits per heavy atom. The zero-order valence-corrected chi connectivity index (χ0v) is 17.6. The third-order valence-corrected chi connectivity index (χ3v) is 4.96. The molecule has 0 amide bonds. The van der Waals surface area contributed by atoms with E-state index in [1.54, 1.807) is 35.3 Å². The van der Waals surface area contributed by atoms with E-state index in [0.29, 0.717) is 28.5 Å². The van der Waals surface area contributed by atoms with Crippen molar-refractivity contribution in [3.8, 4) is 11.3 Å². The van der Waals surface area contributed by atoms with Crippen LogP contribution in [0, 0.1) is 12.7 Å². The molecule has 0 spiro atoms.